The number of nitrogens with one attached hydrogen (secondary N) is 1. The van der Waals surface area contributed by atoms with Crippen molar-refractivity contribution < 1.29 is 9.32 Å². The molecule has 0 unspecified atom stereocenters. The molecule has 2 amide bonds. The van der Waals surface area contributed by atoms with Gasteiger partial charge in [-0.15, -0.1) is 0 Å². The number of urea groups is 1. The van der Waals surface area contributed by atoms with Crippen molar-refractivity contribution in [2.45, 2.75) is 46.6 Å². The van der Waals surface area contributed by atoms with Crippen LogP contribution in [0.5, 0.6) is 0 Å². The zero-order valence-corrected chi connectivity index (χ0v) is 14.0. The van der Waals surface area contributed by atoms with Crippen LogP contribution < -0.4 is 5.32 Å². The summed E-state index contributed by atoms with van der Waals surface area (Å²) < 4.78 is 5.07. The van der Waals surface area contributed by atoms with E-state index in [9.17, 15) is 4.79 Å². The van der Waals surface area contributed by atoms with Gasteiger partial charge in [-0.1, -0.05) is 30.6 Å². The van der Waals surface area contributed by atoms with Crippen LogP contribution in [-0.2, 0) is 13.0 Å². The molecule has 0 aliphatic carbocycles. The second-order valence-corrected chi connectivity index (χ2v) is 5.48. The van der Waals surface area contributed by atoms with E-state index < -0.39 is 0 Å². The van der Waals surface area contributed by atoms with Crippen molar-refractivity contribution in [1.29, 1.82) is 0 Å². The summed E-state index contributed by atoms with van der Waals surface area (Å²) in [5.41, 5.74) is 2.08. The van der Waals surface area contributed by atoms with Crippen molar-refractivity contribution >= 4 is 11.7 Å². The molecule has 0 aliphatic heterocycles. The van der Waals surface area contributed by atoms with Crippen molar-refractivity contribution in [1.82, 2.24) is 15.0 Å². The lowest BCUT2D eigenvalue weighted by molar-refractivity contribution is 0.203. The Morgan fingerprint density at radius 2 is 2.00 bits per heavy atom. The predicted octanol–water partition coefficient (Wildman–Crippen LogP) is 3.77. The van der Waals surface area contributed by atoms with E-state index in [2.05, 4.69) is 34.5 Å². The number of aromatic nitrogens is 2. The normalized spacial score (nSPS) is 10.6. The fraction of sp³-hybridized carbons (Fsp3) is 0.471. The second-order valence-electron chi connectivity index (χ2n) is 5.48. The summed E-state index contributed by atoms with van der Waals surface area (Å²) in [6.07, 6.45) is 3.43. The van der Waals surface area contributed by atoms with Gasteiger partial charge in [0, 0.05) is 12.2 Å². The Kier molecular flexibility index (Phi) is 6.14. The molecule has 0 fully saturated rings. The van der Waals surface area contributed by atoms with Gasteiger partial charge in [0.1, 0.15) is 6.54 Å². The summed E-state index contributed by atoms with van der Waals surface area (Å²) in [4.78, 5) is 18.1. The van der Waals surface area contributed by atoms with Gasteiger partial charge in [-0.05, 0) is 44.4 Å². The summed E-state index contributed by atoms with van der Waals surface area (Å²) in [7, 11) is 0. The third-order valence-electron chi connectivity index (χ3n) is 3.59. The topological polar surface area (TPSA) is 71.3 Å². The first kappa shape index (κ1) is 17.0. The number of hydrogen-bond donors (Lipinski definition) is 1. The highest BCUT2D eigenvalue weighted by Crippen LogP contribution is 2.13. The molecule has 1 aromatic carbocycles. The molecule has 2 rings (SSSR count). The van der Waals surface area contributed by atoms with Crippen LogP contribution in [-0.4, -0.2) is 27.6 Å². The Balaban J connectivity index is 1.93. The maximum Gasteiger partial charge on any atom is 0.322 e. The molecular weight excluding hydrogens is 292 g/mol. The molecule has 1 heterocycles. The molecule has 1 aromatic heterocycles. The van der Waals surface area contributed by atoms with Crippen molar-refractivity contribution in [3.8, 4) is 0 Å². The lowest BCUT2D eigenvalue weighted by atomic mass is 10.1. The minimum absolute atomic E-state index is 0.176. The van der Waals surface area contributed by atoms with Crippen molar-refractivity contribution in [3.05, 3.63) is 41.5 Å². The Hall–Kier alpha value is -2.37. The smallest absolute Gasteiger partial charge is 0.322 e. The van der Waals surface area contributed by atoms with Crippen LogP contribution in [0.25, 0.3) is 0 Å². The number of nitrogens with zero attached hydrogens (tertiary/aromatic N) is 3. The summed E-state index contributed by atoms with van der Waals surface area (Å²) in [6, 6.07) is 7.82. The van der Waals surface area contributed by atoms with E-state index in [-0.39, 0.29) is 6.03 Å². The Labute approximate surface area is 136 Å². The van der Waals surface area contributed by atoms with E-state index in [0.717, 1.165) is 12.1 Å². The number of amides is 2. The maximum atomic E-state index is 12.3. The molecule has 124 valence electrons. The summed E-state index contributed by atoms with van der Waals surface area (Å²) in [5, 5.41) is 6.64. The van der Waals surface area contributed by atoms with Crippen LogP contribution in [0, 0.1) is 6.92 Å². The standard InChI is InChI=1S/C17H24N4O2/c1-4-6-7-14-8-10-15(11-9-14)19-17(22)21(5-2)12-16-18-13(3)20-23-16/h8-11H,4-7,12H2,1-3H3,(H,19,22). The fourth-order valence-electron chi connectivity index (χ4n) is 2.23. The molecule has 6 nitrogen and oxygen atoms in total. The maximum absolute atomic E-state index is 12.3. The third-order valence-corrected chi connectivity index (χ3v) is 3.59. The predicted molar refractivity (Wildman–Crippen MR) is 89.2 cm³/mol. The first-order valence-electron chi connectivity index (χ1n) is 8.06. The number of unbranched alkanes of at least 4 members (excludes halogenated alkanes) is 1. The molecule has 2 aromatic rings. The second kappa shape index (κ2) is 8.31. The molecule has 23 heavy (non-hydrogen) atoms. The number of carbonyl (C=O) groups excluding carboxylic acids is 1. The van der Waals surface area contributed by atoms with E-state index in [1.165, 1.54) is 18.4 Å². The number of aryl methyl sites for hydroxylation is 2. The highest BCUT2D eigenvalue weighted by molar-refractivity contribution is 5.89. The van der Waals surface area contributed by atoms with Crippen LogP contribution in [0.15, 0.2) is 28.8 Å². The molecule has 0 saturated heterocycles. The lowest BCUT2D eigenvalue weighted by Gasteiger charge is -2.19. The van der Waals surface area contributed by atoms with E-state index in [0.29, 0.717) is 24.8 Å². The number of carbonyl (C=O) groups is 1. The average Bonchev–Trinajstić information content (AvgIpc) is 2.97. The van der Waals surface area contributed by atoms with E-state index in [4.69, 9.17) is 4.52 Å². The first-order valence-corrected chi connectivity index (χ1v) is 8.06. The Bertz CT molecular complexity index is 622. The highest BCUT2D eigenvalue weighted by atomic mass is 16.5. The molecule has 1 N–H and O–H groups in total. The Morgan fingerprint density at radius 1 is 1.26 bits per heavy atom. The minimum Gasteiger partial charge on any atom is -0.337 e. The summed E-state index contributed by atoms with van der Waals surface area (Å²) >= 11 is 0. The summed E-state index contributed by atoms with van der Waals surface area (Å²) in [5.74, 6) is 1.01. The van der Waals surface area contributed by atoms with Gasteiger partial charge in [0.15, 0.2) is 5.82 Å². The average molecular weight is 316 g/mol. The van der Waals surface area contributed by atoms with Crippen molar-refractivity contribution in [2.75, 3.05) is 11.9 Å². The van der Waals surface area contributed by atoms with Crippen LogP contribution in [0.2, 0.25) is 0 Å². The largest absolute Gasteiger partial charge is 0.337 e. The molecule has 0 radical (unpaired) electrons. The number of benzene rings is 1. The fourth-order valence-corrected chi connectivity index (χ4v) is 2.23. The SMILES string of the molecule is CCCCc1ccc(NC(=O)N(CC)Cc2nc(C)no2)cc1. The van der Waals surface area contributed by atoms with Gasteiger partial charge in [0.25, 0.3) is 0 Å². The van der Waals surface area contributed by atoms with Gasteiger partial charge in [0.05, 0.1) is 0 Å². The van der Waals surface area contributed by atoms with Crippen LogP contribution >= 0.6 is 0 Å². The van der Waals surface area contributed by atoms with Crippen molar-refractivity contribution in [2.24, 2.45) is 0 Å². The van der Waals surface area contributed by atoms with Gasteiger partial charge < -0.3 is 14.7 Å². The highest BCUT2D eigenvalue weighted by Gasteiger charge is 2.15. The number of anilines is 1. The first-order chi connectivity index (χ1) is 11.1. The zero-order chi connectivity index (χ0) is 16.7. The molecule has 0 aliphatic rings. The Morgan fingerprint density at radius 3 is 2.57 bits per heavy atom. The van der Waals surface area contributed by atoms with Crippen LogP contribution in [0.4, 0.5) is 10.5 Å². The van der Waals surface area contributed by atoms with Gasteiger partial charge >= 0.3 is 6.03 Å². The number of rotatable bonds is 7. The van der Waals surface area contributed by atoms with E-state index >= 15 is 0 Å². The van der Waals surface area contributed by atoms with Crippen molar-refractivity contribution in [3.63, 3.8) is 0 Å². The molecule has 6 heteroatoms. The van der Waals surface area contributed by atoms with Crippen LogP contribution in [0.3, 0.4) is 0 Å². The van der Waals surface area contributed by atoms with Gasteiger partial charge in [-0.25, -0.2) is 4.79 Å². The molecule has 0 bridgehead atoms. The molecule has 0 atom stereocenters. The quantitative estimate of drug-likeness (QED) is 0.844. The molecule has 0 spiro atoms. The van der Waals surface area contributed by atoms with E-state index in [1.54, 1.807) is 11.8 Å². The molecule has 0 saturated carbocycles. The van der Waals surface area contributed by atoms with Gasteiger partial charge in [-0.3, -0.25) is 0 Å². The lowest BCUT2D eigenvalue weighted by Crippen LogP contribution is -2.34. The van der Waals surface area contributed by atoms with E-state index in [1.807, 2.05) is 19.1 Å². The van der Waals surface area contributed by atoms with Gasteiger partial charge in [0.2, 0.25) is 5.89 Å². The van der Waals surface area contributed by atoms with Gasteiger partial charge in [-0.2, -0.15) is 4.98 Å². The monoisotopic (exact) mass is 316 g/mol. The molecular formula is C17H24N4O2. The van der Waals surface area contributed by atoms with Crippen LogP contribution in [0.1, 0.15) is 44.0 Å². The number of hydrogen-bond acceptors (Lipinski definition) is 4. The zero-order valence-electron chi connectivity index (χ0n) is 14.0. The third kappa shape index (κ3) is 5.09. The minimum atomic E-state index is -0.176. The summed E-state index contributed by atoms with van der Waals surface area (Å²) in [6.45, 7) is 6.71.